The van der Waals surface area contributed by atoms with Gasteiger partial charge in [-0.05, 0) is 12.8 Å². The maximum atomic E-state index is 2.60. The smallest absolute Gasteiger partial charge is 0.147 e. The molecule has 0 aromatic rings. The van der Waals surface area contributed by atoms with Crippen LogP contribution in [0.2, 0.25) is 8.55 Å². The summed E-state index contributed by atoms with van der Waals surface area (Å²) in [6.45, 7) is 16.8. The van der Waals surface area contributed by atoms with Gasteiger partial charge in [0.1, 0.15) is 0 Å². The second kappa shape index (κ2) is 7.65. The van der Waals surface area contributed by atoms with E-state index in [2.05, 4.69) is 59.5 Å². The predicted molar refractivity (Wildman–Crippen MR) is 83.1 cm³/mol. The molecule has 0 heterocycles. The zero-order valence-electron chi connectivity index (χ0n) is 13.3. The minimum atomic E-state index is -0.850. The van der Waals surface area contributed by atoms with Crippen molar-refractivity contribution in [1.29, 1.82) is 0 Å². The van der Waals surface area contributed by atoms with E-state index in [1.165, 1.54) is 32.1 Å². The Morgan fingerprint density at radius 3 is 1.76 bits per heavy atom. The van der Waals surface area contributed by atoms with Gasteiger partial charge in [-0.3, -0.25) is 0 Å². The fourth-order valence-corrected chi connectivity index (χ4v) is 7.02. The lowest BCUT2D eigenvalue weighted by Gasteiger charge is -2.34. The number of allylic oxidation sites excluding steroid dienone is 1. The summed E-state index contributed by atoms with van der Waals surface area (Å²) in [5.74, 6) is 0. The molecule has 0 N–H and O–H groups in total. The highest BCUT2D eigenvalue weighted by Crippen LogP contribution is 2.42. The third kappa shape index (κ3) is 8.07. The van der Waals surface area contributed by atoms with Crippen LogP contribution in [-0.4, -0.2) is 14.1 Å². The molecule has 0 saturated carbocycles. The van der Waals surface area contributed by atoms with Gasteiger partial charge in [0.05, 0.1) is 0 Å². The summed E-state index contributed by atoms with van der Waals surface area (Å²) in [5.41, 5.74) is 0. The molecule has 0 saturated heterocycles. The highest BCUT2D eigenvalue weighted by atomic mass is 27.2. The van der Waals surface area contributed by atoms with Crippen LogP contribution < -0.4 is 0 Å². The first-order valence-corrected chi connectivity index (χ1v) is 9.18. The number of hydrogen-bond acceptors (Lipinski definition) is 0. The van der Waals surface area contributed by atoms with Crippen LogP contribution in [0.25, 0.3) is 0 Å². The maximum absolute atomic E-state index is 2.60. The summed E-state index contributed by atoms with van der Waals surface area (Å²) in [6, 6.07) is 0. The normalized spacial score (nSPS) is 13.4. The highest BCUT2D eigenvalue weighted by molar-refractivity contribution is 6.70. The molecule has 0 aliphatic heterocycles. The van der Waals surface area contributed by atoms with Crippen molar-refractivity contribution in [2.75, 3.05) is 0 Å². The Balaban J connectivity index is 4.23. The van der Waals surface area contributed by atoms with E-state index >= 15 is 0 Å². The van der Waals surface area contributed by atoms with Crippen LogP contribution in [0.15, 0.2) is 11.0 Å². The number of rotatable bonds is 6. The van der Waals surface area contributed by atoms with E-state index in [9.17, 15) is 0 Å². The first kappa shape index (κ1) is 17.3. The van der Waals surface area contributed by atoms with E-state index in [0.29, 0.717) is 8.55 Å². The third-order valence-corrected chi connectivity index (χ3v) is 7.81. The van der Waals surface area contributed by atoms with Crippen LogP contribution in [0, 0.1) is 0 Å². The molecule has 0 aromatic heterocycles. The van der Waals surface area contributed by atoms with Crippen LogP contribution in [0.3, 0.4) is 0 Å². The van der Waals surface area contributed by atoms with Crippen LogP contribution in [0.4, 0.5) is 0 Å². The molecule has 0 amide bonds. The Hall–Kier alpha value is 0.272. The predicted octanol–water partition coefficient (Wildman–Crippen LogP) is 6.15. The summed E-state index contributed by atoms with van der Waals surface area (Å²) >= 11 is -0.850. The fourth-order valence-electron chi connectivity index (χ4n) is 2.80. The second-order valence-electron chi connectivity index (χ2n) is 7.49. The summed E-state index contributed by atoms with van der Waals surface area (Å²) < 4.78 is 0.996. The molecule has 0 atom stereocenters. The Morgan fingerprint density at radius 1 is 0.824 bits per heavy atom. The third-order valence-electron chi connectivity index (χ3n) is 3.42. The SMILES string of the molecule is CCCCCC/C=[CH]/[Al]([C](C)(C)C)[C](C)(C)C. The van der Waals surface area contributed by atoms with Crippen LogP contribution in [-0.2, 0) is 0 Å². The molecule has 100 valence electrons. The van der Waals surface area contributed by atoms with E-state index in [1.54, 1.807) is 0 Å². The van der Waals surface area contributed by atoms with Crippen LogP contribution in [0.1, 0.15) is 80.6 Å². The molecule has 0 aliphatic carbocycles. The summed E-state index contributed by atoms with van der Waals surface area (Å²) in [4.78, 5) is 2.60. The van der Waals surface area contributed by atoms with Gasteiger partial charge in [0.15, 0.2) is 0 Å². The largest absolute Gasteiger partial charge is 0.305 e. The number of hydrogen-bond donors (Lipinski definition) is 0. The van der Waals surface area contributed by atoms with E-state index in [0.717, 1.165) is 0 Å². The molecule has 1 heteroatoms. The molecule has 0 unspecified atom stereocenters. The second-order valence-corrected chi connectivity index (χ2v) is 12.3. The first-order valence-electron chi connectivity index (χ1n) is 7.36. The summed E-state index contributed by atoms with van der Waals surface area (Å²) in [5, 5.41) is 0. The summed E-state index contributed by atoms with van der Waals surface area (Å²) in [7, 11) is 0. The average molecular weight is 252 g/mol. The highest BCUT2D eigenvalue weighted by Gasteiger charge is 2.38. The average Bonchev–Trinajstić information content (AvgIpc) is 2.12. The lowest BCUT2D eigenvalue weighted by molar-refractivity contribution is 0.651. The molecular weight excluding hydrogens is 219 g/mol. The Bertz CT molecular complexity index is 201. The van der Waals surface area contributed by atoms with Crippen molar-refractivity contribution in [1.82, 2.24) is 0 Å². The molecule has 0 rings (SSSR count). The zero-order chi connectivity index (χ0) is 13.5. The molecule has 0 bridgehead atoms. The van der Waals surface area contributed by atoms with Crippen molar-refractivity contribution in [2.24, 2.45) is 0 Å². The number of unbranched alkanes of at least 4 members (excludes halogenated alkanes) is 4. The van der Waals surface area contributed by atoms with E-state index in [1.807, 2.05) is 0 Å². The lowest BCUT2D eigenvalue weighted by Crippen LogP contribution is -2.33. The van der Waals surface area contributed by atoms with Crippen molar-refractivity contribution in [2.45, 2.75) is 89.1 Å². The molecule has 0 nitrogen and oxygen atoms in total. The van der Waals surface area contributed by atoms with Gasteiger partial charge in [-0.1, -0.05) is 76.3 Å². The maximum Gasteiger partial charge on any atom is 0.305 e. The first-order chi connectivity index (χ1) is 7.69. The van der Waals surface area contributed by atoms with Crippen LogP contribution >= 0.6 is 0 Å². The fraction of sp³-hybridized carbons (Fsp3) is 0.875. The van der Waals surface area contributed by atoms with Gasteiger partial charge in [-0.25, -0.2) is 0 Å². The van der Waals surface area contributed by atoms with Crippen molar-refractivity contribution < 1.29 is 0 Å². The minimum Gasteiger partial charge on any atom is -0.147 e. The van der Waals surface area contributed by atoms with Gasteiger partial charge in [-0.15, -0.1) is 11.0 Å². The van der Waals surface area contributed by atoms with Crippen molar-refractivity contribution >= 4 is 14.1 Å². The Labute approximate surface area is 114 Å². The van der Waals surface area contributed by atoms with E-state index in [-0.39, 0.29) is 0 Å². The molecule has 17 heavy (non-hydrogen) atoms. The van der Waals surface area contributed by atoms with Crippen molar-refractivity contribution in [3.63, 3.8) is 0 Å². The molecule has 0 fully saturated rings. The Kier molecular flexibility index (Phi) is 7.77. The Morgan fingerprint density at radius 2 is 1.35 bits per heavy atom. The minimum absolute atomic E-state index is 0.498. The molecule has 0 radical (unpaired) electrons. The van der Waals surface area contributed by atoms with Crippen LogP contribution in [0.5, 0.6) is 0 Å². The van der Waals surface area contributed by atoms with E-state index in [4.69, 9.17) is 0 Å². The van der Waals surface area contributed by atoms with Gasteiger partial charge in [-0.2, -0.15) is 0 Å². The molecule has 0 aliphatic rings. The van der Waals surface area contributed by atoms with Crippen molar-refractivity contribution in [3.8, 4) is 0 Å². The van der Waals surface area contributed by atoms with Gasteiger partial charge in [0, 0.05) is 0 Å². The summed E-state index contributed by atoms with van der Waals surface area (Å²) in [6.07, 6.45) is 9.27. The molecule has 0 aromatic carbocycles. The zero-order valence-corrected chi connectivity index (χ0v) is 14.4. The quantitative estimate of drug-likeness (QED) is 0.393. The van der Waals surface area contributed by atoms with E-state index < -0.39 is 14.1 Å². The van der Waals surface area contributed by atoms with Gasteiger partial charge in [0.2, 0.25) is 0 Å². The van der Waals surface area contributed by atoms with Gasteiger partial charge in [0.25, 0.3) is 0 Å². The van der Waals surface area contributed by atoms with Crippen molar-refractivity contribution in [3.05, 3.63) is 11.0 Å². The van der Waals surface area contributed by atoms with Gasteiger partial charge >= 0.3 is 14.1 Å². The molecular formula is C16H33Al. The molecule has 0 spiro atoms. The van der Waals surface area contributed by atoms with Gasteiger partial charge < -0.3 is 0 Å². The monoisotopic (exact) mass is 252 g/mol. The topological polar surface area (TPSA) is 0 Å². The lowest BCUT2D eigenvalue weighted by atomic mass is 10.2. The standard InChI is InChI=1S/C8H15.2C4H9.Al/c1-3-5-7-8-6-4-2;2*1-4(2)3;/h1,3H,4-8H2,2H3;2*1-3H3;.